The number of aromatic amines is 1. The Morgan fingerprint density at radius 2 is 2.08 bits per heavy atom. The number of likely N-dealkylation sites (N-methyl/N-ethyl adjacent to an activating group) is 1. The van der Waals surface area contributed by atoms with Crippen molar-refractivity contribution >= 4 is 34.2 Å². The van der Waals surface area contributed by atoms with Crippen LogP contribution in [0.25, 0.3) is 16.5 Å². The summed E-state index contributed by atoms with van der Waals surface area (Å²) in [6.45, 7) is 5.93. The molecule has 7 rings (SSSR count). The van der Waals surface area contributed by atoms with Crippen LogP contribution in [0.5, 0.6) is 0 Å². The zero-order valence-electron chi connectivity index (χ0n) is 22.5. The minimum atomic E-state index is -2.08. The van der Waals surface area contributed by atoms with Gasteiger partial charge in [0.05, 0.1) is 5.92 Å². The van der Waals surface area contributed by atoms with Crippen molar-refractivity contribution in [3.05, 3.63) is 53.8 Å². The van der Waals surface area contributed by atoms with Crippen LogP contribution in [0.3, 0.4) is 0 Å². The first-order valence-electron chi connectivity index (χ1n) is 13.6. The second-order valence-electron chi connectivity index (χ2n) is 11.9. The minimum Gasteiger partial charge on any atom is -0.361 e. The molecule has 0 spiro atoms. The summed E-state index contributed by atoms with van der Waals surface area (Å²) >= 11 is 0. The number of aromatic nitrogens is 1. The molecular formula is C29H33N5O5. The Hall–Kier alpha value is -3.47. The summed E-state index contributed by atoms with van der Waals surface area (Å²) in [5, 5.41) is 15.8. The number of hydrogen-bond donors (Lipinski definition) is 3. The van der Waals surface area contributed by atoms with Crippen molar-refractivity contribution in [1.29, 1.82) is 0 Å². The molecule has 1 aromatic carbocycles. The molecule has 3 N–H and O–H groups in total. The van der Waals surface area contributed by atoms with Crippen LogP contribution >= 0.6 is 0 Å². The zero-order chi connectivity index (χ0) is 27.4. The van der Waals surface area contributed by atoms with Crippen LogP contribution in [-0.2, 0) is 25.5 Å². The molecule has 0 saturated carbocycles. The summed E-state index contributed by atoms with van der Waals surface area (Å²) in [7, 11) is 2.01. The average molecular weight is 532 g/mol. The van der Waals surface area contributed by atoms with E-state index in [1.54, 1.807) is 12.2 Å². The maximum Gasteiger partial charge on any atom is 0.280 e. The van der Waals surface area contributed by atoms with E-state index in [9.17, 15) is 19.5 Å². The van der Waals surface area contributed by atoms with Crippen molar-refractivity contribution in [2.75, 3.05) is 20.1 Å². The van der Waals surface area contributed by atoms with Crippen molar-refractivity contribution in [2.24, 2.45) is 11.8 Å². The molecule has 10 heteroatoms. The third-order valence-electron chi connectivity index (χ3n) is 9.08. The molecule has 39 heavy (non-hydrogen) atoms. The monoisotopic (exact) mass is 531 g/mol. The lowest BCUT2D eigenvalue weighted by Gasteiger charge is -2.49. The maximum atomic E-state index is 13.9. The van der Waals surface area contributed by atoms with Gasteiger partial charge in [-0.2, -0.15) is 0 Å². The van der Waals surface area contributed by atoms with Crippen molar-refractivity contribution in [2.45, 2.75) is 57.0 Å². The number of fused-ring (bicyclic) bond motifs is 5. The van der Waals surface area contributed by atoms with Crippen molar-refractivity contribution < 1.29 is 24.2 Å². The maximum absolute atomic E-state index is 13.9. The molecule has 0 unspecified atom stereocenters. The predicted octanol–water partition coefficient (Wildman–Crippen LogP) is 1.18. The minimum absolute atomic E-state index is 0.149. The van der Waals surface area contributed by atoms with E-state index in [0.717, 1.165) is 28.0 Å². The molecule has 2 aromatic rings. The number of nitrogens with one attached hydrogen (secondary N) is 2. The van der Waals surface area contributed by atoms with E-state index in [2.05, 4.69) is 33.5 Å². The lowest BCUT2D eigenvalue weighted by atomic mass is 9.79. The van der Waals surface area contributed by atoms with E-state index < -0.39 is 35.5 Å². The Balaban J connectivity index is 1.21. The summed E-state index contributed by atoms with van der Waals surface area (Å²) in [4.78, 5) is 49.1. The molecular weight excluding hydrogens is 498 g/mol. The first-order chi connectivity index (χ1) is 18.5. The van der Waals surface area contributed by atoms with E-state index in [0.29, 0.717) is 13.1 Å². The van der Waals surface area contributed by atoms with Crippen LogP contribution in [0.4, 0.5) is 0 Å². The quantitative estimate of drug-likeness (QED) is 0.512. The number of rotatable bonds is 3. The van der Waals surface area contributed by atoms with Gasteiger partial charge in [-0.05, 0) is 49.1 Å². The Morgan fingerprint density at radius 3 is 2.85 bits per heavy atom. The van der Waals surface area contributed by atoms with Gasteiger partial charge in [-0.15, -0.1) is 0 Å². The van der Waals surface area contributed by atoms with Gasteiger partial charge in [0.25, 0.3) is 11.8 Å². The topological polar surface area (TPSA) is 118 Å². The second kappa shape index (κ2) is 8.03. The number of ether oxygens (including phenoxy) is 1. The number of aliphatic hydroxyl groups is 1. The van der Waals surface area contributed by atoms with Crippen LogP contribution in [0.2, 0.25) is 0 Å². The van der Waals surface area contributed by atoms with Gasteiger partial charge < -0.3 is 20.3 Å². The number of H-pyrrole nitrogens is 1. The second-order valence-corrected chi connectivity index (χ2v) is 11.9. The Kier molecular flexibility index (Phi) is 5.06. The molecule has 5 aliphatic rings. The number of hydrogen-bond acceptors (Lipinski definition) is 6. The summed E-state index contributed by atoms with van der Waals surface area (Å²) in [6.07, 6.45) is 8.39. The molecule has 3 amide bonds. The van der Waals surface area contributed by atoms with Crippen LogP contribution < -0.4 is 5.32 Å². The van der Waals surface area contributed by atoms with Gasteiger partial charge in [0.1, 0.15) is 12.1 Å². The lowest BCUT2D eigenvalue weighted by molar-refractivity contribution is -0.311. The van der Waals surface area contributed by atoms with Gasteiger partial charge in [0.15, 0.2) is 0 Å². The van der Waals surface area contributed by atoms with Gasteiger partial charge in [0.2, 0.25) is 17.5 Å². The van der Waals surface area contributed by atoms with E-state index in [1.165, 1.54) is 22.8 Å². The summed E-state index contributed by atoms with van der Waals surface area (Å²) in [5.41, 5.74) is 2.71. The number of amides is 3. The van der Waals surface area contributed by atoms with E-state index in [1.807, 2.05) is 33.0 Å². The molecule has 10 nitrogen and oxygen atoms in total. The Morgan fingerprint density at radius 1 is 1.28 bits per heavy atom. The van der Waals surface area contributed by atoms with Crippen LogP contribution in [0.1, 0.15) is 31.9 Å². The van der Waals surface area contributed by atoms with Crippen molar-refractivity contribution in [3.63, 3.8) is 0 Å². The highest BCUT2D eigenvalue weighted by Crippen LogP contribution is 2.45. The fourth-order valence-electron chi connectivity index (χ4n) is 7.26. The van der Waals surface area contributed by atoms with Gasteiger partial charge >= 0.3 is 0 Å². The first-order valence-corrected chi connectivity index (χ1v) is 13.6. The van der Waals surface area contributed by atoms with E-state index >= 15 is 0 Å². The van der Waals surface area contributed by atoms with E-state index in [-0.39, 0.29) is 23.8 Å². The van der Waals surface area contributed by atoms with E-state index in [4.69, 9.17) is 4.74 Å². The molecule has 0 radical (unpaired) electrons. The lowest BCUT2D eigenvalue weighted by Crippen LogP contribution is -2.72. The Bertz CT molecular complexity index is 1490. The molecule has 2 saturated heterocycles. The molecule has 1 aromatic heterocycles. The largest absolute Gasteiger partial charge is 0.361 e. The molecule has 4 aliphatic heterocycles. The normalized spacial score (nSPS) is 35.4. The van der Waals surface area contributed by atoms with Crippen LogP contribution in [-0.4, -0.2) is 92.4 Å². The SMILES string of the molecule is CC(C)[C@H]1C(=O)N2CC=C[C@H]2[C@]2(O)O[C@@](C)(NC(=O)[C@@H]3C=C4c5cccc6[nH]cc(c56)C[C@H]4N(C)C3)C(=O)N12. The molecule has 5 heterocycles. The number of carbonyl (C=O) groups excluding carboxylic acids is 3. The molecule has 0 bridgehead atoms. The number of carbonyl (C=O) groups is 3. The summed E-state index contributed by atoms with van der Waals surface area (Å²) in [6, 6.07) is 4.56. The Labute approximate surface area is 226 Å². The van der Waals surface area contributed by atoms with Crippen molar-refractivity contribution in [1.82, 2.24) is 25.0 Å². The highest BCUT2D eigenvalue weighted by Gasteiger charge is 2.69. The number of benzene rings is 1. The predicted molar refractivity (Wildman–Crippen MR) is 143 cm³/mol. The number of piperazine rings is 1. The van der Waals surface area contributed by atoms with Crippen LogP contribution in [0, 0.1) is 11.8 Å². The molecule has 204 valence electrons. The smallest absolute Gasteiger partial charge is 0.280 e. The third-order valence-corrected chi connectivity index (χ3v) is 9.08. The summed E-state index contributed by atoms with van der Waals surface area (Å²) in [5.74, 6) is -4.12. The van der Waals surface area contributed by atoms with Gasteiger partial charge in [0, 0.05) is 36.2 Å². The zero-order valence-corrected chi connectivity index (χ0v) is 22.5. The first kappa shape index (κ1) is 24.6. The van der Waals surface area contributed by atoms with Crippen molar-refractivity contribution in [3.8, 4) is 0 Å². The molecule has 2 fully saturated rings. The van der Waals surface area contributed by atoms with Gasteiger partial charge in [-0.25, -0.2) is 0 Å². The van der Waals surface area contributed by atoms with Crippen LogP contribution in [0.15, 0.2) is 42.6 Å². The fourth-order valence-corrected chi connectivity index (χ4v) is 7.26. The standard InChI is InChI=1S/C29H33N5O5/c1-15(2)24-26(36)33-10-6-9-22(33)29(38)34(24)27(37)28(3,39-29)31-25(35)17-11-19-18-7-5-8-20-23(18)16(13-30-20)12-21(19)32(4)14-17/h5-9,11,13,15,17,21-22,24,30,38H,10,12,14H2,1-4H3,(H,31,35)/t17-,21-,22+,24+,28-,29+/m1/s1. The molecule has 6 atom stereocenters. The molecule has 1 aliphatic carbocycles. The third kappa shape index (κ3) is 3.22. The fraction of sp³-hybridized carbons (Fsp3) is 0.483. The number of nitrogens with zero attached hydrogens (tertiary/aromatic N) is 3. The van der Waals surface area contributed by atoms with Gasteiger partial charge in [-0.3, -0.25) is 28.9 Å². The average Bonchev–Trinajstić information content (AvgIpc) is 3.59. The highest BCUT2D eigenvalue weighted by atomic mass is 16.7. The van der Waals surface area contributed by atoms with Gasteiger partial charge in [-0.1, -0.05) is 44.2 Å². The summed E-state index contributed by atoms with van der Waals surface area (Å²) < 4.78 is 6.09. The highest BCUT2D eigenvalue weighted by molar-refractivity contribution is 6.01.